The lowest BCUT2D eigenvalue weighted by Gasteiger charge is -2.17. The molecule has 0 heterocycles. The zero-order valence-electron chi connectivity index (χ0n) is 8.61. The molecule has 2 nitrogen and oxygen atoms in total. The van der Waals surface area contributed by atoms with Crippen LogP contribution >= 0.6 is 28.6 Å². The van der Waals surface area contributed by atoms with Crippen LogP contribution in [0.3, 0.4) is 0 Å². The lowest BCUT2D eigenvalue weighted by molar-refractivity contribution is -0.129. The molecule has 82 valence electrons. The average molecular weight is 288 g/mol. The molecule has 0 aliphatic carbocycles. The van der Waals surface area contributed by atoms with Crippen molar-refractivity contribution in [3.8, 4) is 0 Å². The third-order valence-electron chi connectivity index (χ3n) is 2.12. The summed E-state index contributed by atoms with van der Waals surface area (Å²) in [6.45, 7) is 0.633. The number of rotatable bonds is 4. The zero-order valence-corrected chi connectivity index (χ0v) is 11.1. The highest BCUT2D eigenvalue weighted by molar-refractivity contribution is 9.10. The molecule has 1 aromatic rings. The van der Waals surface area contributed by atoms with Gasteiger partial charge >= 0.3 is 0 Å². The van der Waals surface area contributed by atoms with Crippen LogP contribution in [0, 0.1) is 0 Å². The van der Waals surface area contributed by atoms with E-state index < -0.39 is 0 Å². The van der Waals surface area contributed by atoms with Gasteiger partial charge in [0.15, 0.2) is 0 Å². The number of carbonyl (C=O) groups excluding carboxylic acids is 1. The van der Waals surface area contributed by atoms with E-state index in [0.29, 0.717) is 18.7 Å². The minimum atomic E-state index is 0.126. The predicted molar refractivity (Wildman–Crippen MR) is 69.1 cm³/mol. The van der Waals surface area contributed by atoms with E-state index in [2.05, 4.69) is 28.6 Å². The van der Waals surface area contributed by atoms with Crippen LogP contribution in [-0.4, -0.2) is 23.6 Å². The molecule has 1 rings (SSSR count). The Kier molecular flexibility index (Phi) is 5.19. The third kappa shape index (κ3) is 3.87. The van der Waals surface area contributed by atoms with Crippen LogP contribution in [-0.2, 0) is 11.3 Å². The minimum absolute atomic E-state index is 0.126. The Labute approximate surface area is 104 Å². The molecule has 0 saturated carbocycles. The standard InChI is InChI=1S/C11H14BrNOS/c1-13(11(14)6-7-15)8-9-4-2-3-5-10(9)12/h2-5,15H,6-8H2,1H3. The van der Waals surface area contributed by atoms with Crippen molar-refractivity contribution in [3.63, 3.8) is 0 Å². The first-order chi connectivity index (χ1) is 7.15. The smallest absolute Gasteiger partial charge is 0.223 e. The first-order valence-corrected chi connectivity index (χ1v) is 6.16. The Balaban J connectivity index is 2.62. The number of carbonyl (C=O) groups is 1. The fourth-order valence-corrected chi connectivity index (χ4v) is 1.86. The highest BCUT2D eigenvalue weighted by atomic mass is 79.9. The summed E-state index contributed by atoms with van der Waals surface area (Å²) >= 11 is 7.50. The fraction of sp³-hybridized carbons (Fsp3) is 0.364. The second kappa shape index (κ2) is 6.18. The van der Waals surface area contributed by atoms with E-state index in [-0.39, 0.29) is 5.91 Å². The summed E-state index contributed by atoms with van der Waals surface area (Å²) in [4.78, 5) is 13.2. The Hall–Kier alpha value is -0.480. The predicted octanol–water partition coefficient (Wildman–Crippen LogP) is 2.73. The number of nitrogens with zero attached hydrogens (tertiary/aromatic N) is 1. The van der Waals surface area contributed by atoms with Crippen molar-refractivity contribution in [2.24, 2.45) is 0 Å². The van der Waals surface area contributed by atoms with Crippen molar-refractivity contribution in [1.82, 2.24) is 4.90 Å². The molecule has 0 aromatic heterocycles. The summed E-state index contributed by atoms with van der Waals surface area (Å²) in [6, 6.07) is 7.92. The van der Waals surface area contributed by atoms with E-state index in [4.69, 9.17) is 0 Å². The number of halogens is 1. The van der Waals surface area contributed by atoms with Gasteiger partial charge in [-0.05, 0) is 17.4 Å². The van der Waals surface area contributed by atoms with Gasteiger partial charge in [-0.25, -0.2) is 0 Å². The second-order valence-corrected chi connectivity index (χ2v) is 4.62. The Bertz CT molecular complexity index is 343. The van der Waals surface area contributed by atoms with Crippen molar-refractivity contribution in [2.45, 2.75) is 13.0 Å². The molecule has 0 N–H and O–H groups in total. The van der Waals surface area contributed by atoms with Gasteiger partial charge in [0.05, 0.1) is 0 Å². The molecule has 4 heteroatoms. The quantitative estimate of drug-likeness (QED) is 0.845. The van der Waals surface area contributed by atoms with Gasteiger partial charge in [-0.3, -0.25) is 4.79 Å². The number of benzene rings is 1. The number of thiol groups is 1. The van der Waals surface area contributed by atoms with E-state index in [1.54, 1.807) is 4.90 Å². The fourth-order valence-electron chi connectivity index (χ4n) is 1.26. The van der Waals surface area contributed by atoms with Crippen LogP contribution in [0.5, 0.6) is 0 Å². The molecule has 15 heavy (non-hydrogen) atoms. The maximum absolute atomic E-state index is 11.5. The summed E-state index contributed by atoms with van der Waals surface area (Å²) in [5.74, 6) is 0.722. The Morgan fingerprint density at radius 1 is 1.47 bits per heavy atom. The van der Waals surface area contributed by atoms with Gasteiger partial charge in [0, 0.05) is 24.5 Å². The molecule has 1 amide bonds. The summed E-state index contributed by atoms with van der Waals surface area (Å²) in [5.41, 5.74) is 1.12. The molecular weight excluding hydrogens is 274 g/mol. The largest absolute Gasteiger partial charge is 0.341 e. The van der Waals surface area contributed by atoms with Crippen molar-refractivity contribution in [2.75, 3.05) is 12.8 Å². The minimum Gasteiger partial charge on any atom is -0.341 e. The van der Waals surface area contributed by atoms with Gasteiger partial charge in [-0.1, -0.05) is 34.1 Å². The summed E-state index contributed by atoms with van der Waals surface area (Å²) < 4.78 is 1.04. The van der Waals surface area contributed by atoms with Crippen LogP contribution in [0.2, 0.25) is 0 Å². The molecule has 0 aliphatic rings. The van der Waals surface area contributed by atoms with Crippen molar-refractivity contribution >= 4 is 34.5 Å². The van der Waals surface area contributed by atoms with Gasteiger partial charge in [0.25, 0.3) is 0 Å². The maximum atomic E-state index is 11.5. The van der Waals surface area contributed by atoms with Crippen LogP contribution in [0.1, 0.15) is 12.0 Å². The third-order valence-corrected chi connectivity index (χ3v) is 3.11. The first-order valence-electron chi connectivity index (χ1n) is 4.73. The van der Waals surface area contributed by atoms with E-state index in [1.165, 1.54) is 0 Å². The van der Waals surface area contributed by atoms with Gasteiger partial charge in [-0.2, -0.15) is 12.6 Å². The Morgan fingerprint density at radius 3 is 2.73 bits per heavy atom. The molecule has 0 unspecified atom stereocenters. The van der Waals surface area contributed by atoms with Crippen LogP contribution in [0.25, 0.3) is 0 Å². The molecular formula is C11H14BrNOS. The van der Waals surface area contributed by atoms with Crippen LogP contribution in [0.15, 0.2) is 28.7 Å². The van der Waals surface area contributed by atoms with E-state index in [9.17, 15) is 4.79 Å². The van der Waals surface area contributed by atoms with Gasteiger partial charge in [0.2, 0.25) is 5.91 Å². The van der Waals surface area contributed by atoms with Crippen molar-refractivity contribution in [3.05, 3.63) is 34.3 Å². The lowest BCUT2D eigenvalue weighted by Crippen LogP contribution is -2.26. The topological polar surface area (TPSA) is 20.3 Å². The summed E-state index contributed by atoms with van der Waals surface area (Å²) in [6.07, 6.45) is 0.490. The van der Waals surface area contributed by atoms with Crippen LogP contribution < -0.4 is 0 Å². The molecule has 1 aromatic carbocycles. The number of hydrogen-bond acceptors (Lipinski definition) is 2. The zero-order chi connectivity index (χ0) is 11.3. The van der Waals surface area contributed by atoms with E-state index in [0.717, 1.165) is 10.0 Å². The maximum Gasteiger partial charge on any atom is 0.223 e. The van der Waals surface area contributed by atoms with Crippen LogP contribution in [0.4, 0.5) is 0 Å². The van der Waals surface area contributed by atoms with Gasteiger partial charge < -0.3 is 4.90 Å². The Morgan fingerprint density at radius 2 is 2.13 bits per heavy atom. The summed E-state index contributed by atoms with van der Waals surface area (Å²) in [5, 5.41) is 0. The highest BCUT2D eigenvalue weighted by Crippen LogP contribution is 2.17. The molecule has 0 radical (unpaired) electrons. The first kappa shape index (κ1) is 12.6. The second-order valence-electron chi connectivity index (χ2n) is 3.31. The van der Waals surface area contributed by atoms with Gasteiger partial charge in [0.1, 0.15) is 0 Å². The lowest BCUT2D eigenvalue weighted by atomic mass is 10.2. The summed E-state index contributed by atoms with van der Waals surface area (Å²) in [7, 11) is 1.81. The highest BCUT2D eigenvalue weighted by Gasteiger charge is 2.09. The van der Waals surface area contributed by atoms with Gasteiger partial charge in [-0.15, -0.1) is 0 Å². The molecule has 0 bridgehead atoms. The van der Waals surface area contributed by atoms with Crippen molar-refractivity contribution < 1.29 is 4.79 Å². The van der Waals surface area contributed by atoms with E-state index >= 15 is 0 Å². The normalized spacial score (nSPS) is 10.1. The monoisotopic (exact) mass is 287 g/mol. The average Bonchev–Trinajstić information content (AvgIpc) is 2.21. The number of hydrogen-bond donors (Lipinski definition) is 1. The molecule has 0 atom stereocenters. The molecule has 0 fully saturated rings. The molecule has 0 saturated heterocycles. The molecule has 0 spiro atoms. The SMILES string of the molecule is CN(Cc1ccccc1Br)C(=O)CCS. The number of amides is 1. The van der Waals surface area contributed by atoms with Crippen molar-refractivity contribution in [1.29, 1.82) is 0 Å². The molecule has 0 aliphatic heterocycles. The van der Waals surface area contributed by atoms with E-state index in [1.807, 2.05) is 31.3 Å².